The van der Waals surface area contributed by atoms with E-state index >= 15 is 0 Å². The number of aromatic nitrogens is 2. The molecule has 1 aromatic heterocycles. The van der Waals surface area contributed by atoms with Gasteiger partial charge in [0, 0.05) is 6.07 Å². The molecule has 0 spiro atoms. The van der Waals surface area contributed by atoms with Crippen LogP contribution in [0.5, 0.6) is 0 Å². The SMILES string of the molecule is CC1CCCc2nn(CC(=O)O)c(=O)cc21. The van der Waals surface area contributed by atoms with Crippen LogP contribution in [-0.4, -0.2) is 20.9 Å². The van der Waals surface area contributed by atoms with E-state index in [0.29, 0.717) is 5.92 Å². The largest absolute Gasteiger partial charge is 0.480 e. The van der Waals surface area contributed by atoms with Gasteiger partial charge < -0.3 is 5.11 Å². The topological polar surface area (TPSA) is 72.2 Å². The third kappa shape index (κ3) is 1.98. The van der Waals surface area contributed by atoms with Crippen molar-refractivity contribution in [2.75, 3.05) is 0 Å². The molecule has 1 atom stereocenters. The zero-order valence-electron chi connectivity index (χ0n) is 9.14. The van der Waals surface area contributed by atoms with Crippen LogP contribution in [-0.2, 0) is 17.8 Å². The molecule has 1 N–H and O–H groups in total. The summed E-state index contributed by atoms with van der Waals surface area (Å²) < 4.78 is 1.03. The first-order valence-corrected chi connectivity index (χ1v) is 5.40. The molecule has 0 radical (unpaired) electrons. The molecule has 0 aliphatic heterocycles. The number of carboxylic acids is 1. The second kappa shape index (κ2) is 4.08. The van der Waals surface area contributed by atoms with Crippen molar-refractivity contribution in [1.82, 2.24) is 9.78 Å². The highest BCUT2D eigenvalue weighted by Crippen LogP contribution is 2.28. The van der Waals surface area contributed by atoms with Gasteiger partial charge in [-0.1, -0.05) is 6.92 Å². The monoisotopic (exact) mass is 222 g/mol. The summed E-state index contributed by atoms with van der Waals surface area (Å²) in [6, 6.07) is 1.54. The molecule has 0 saturated heterocycles. The average Bonchev–Trinajstić information content (AvgIpc) is 2.20. The molecule has 0 bridgehead atoms. The van der Waals surface area contributed by atoms with Gasteiger partial charge in [0.15, 0.2) is 0 Å². The summed E-state index contributed by atoms with van der Waals surface area (Å²) in [7, 11) is 0. The molecule has 2 rings (SSSR count). The van der Waals surface area contributed by atoms with Crippen molar-refractivity contribution in [2.24, 2.45) is 0 Å². The summed E-state index contributed by atoms with van der Waals surface area (Å²) in [6.45, 7) is 1.71. The quantitative estimate of drug-likeness (QED) is 0.802. The number of carbonyl (C=O) groups is 1. The second-order valence-electron chi connectivity index (χ2n) is 4.23. The number of nitrogens with zero attached hydrogens (tertiary/aromatic N) is 2. The van der Waals surface area contributed by atoms with E-state index in [1.165, 1.54) is 6.07 Å². The van der Waals surface area contributed by atoms with Crippen LogP contribution >= 0.6 is 0 Å². The normalized spacial score (nSPS) is 19.2. The van der Waals surface area contributed by atoms with E-state index in [4.69, 9.17) is 5.11 Å². The van der Waals surface area contributed by atoms with Gasteiger partial charge in [0.25, 0.3) is 5.56 Å². The molecule has 0 fully saturated rings. The number of aryl methyl sites for hydroxylation is 1. The Bertz CT molecular complexity index is 479. The molecule has 16 heavy (non-hydrogen) atoms. The van der Waals surface area contributed by atoms with Crippen LogP contribution < -0.4 is 5.56 Å². The highest BCUT2D eigenvalue weighted by atomic mass is 16.4. The van der Waals surface area contributed by atoms with Gasteiger partial charge in [-0.2, -0.15) is 5.10 Å². The van der Waals surface area contributed by atoms with Gasteiger partial charge in [-0.15, -0.1) is 0 Å². The van der Waals surface area contributed by atoms with Gasteiger partial charge in [-0.05, 0) is 30.7 Å². The van der Waals surface area contributed by atoms with Crippen molar-refractivity contribution in [3.8, 4) is 0 Å². The van der Waals surface area contributed by atoms with Gasteiger partial charge >= 0.3 is 5.97 Å². The molecule has 1 unspecified atom stereocenters. The molecule has 1 aromatic rings. The summed E-state index contributed by atoms with van der Waals surface area (Å²) >= 11 is 0. The first-order chi connectivity index (χ1) is 7.58. The predicted molar refractivity (Wildman–Crippen MR) is 57.5 cm³/mol. The number of hydrogen-bond donors (Lipinski definition) is 1. The Kier molecular flexibility index (Phi) is 2.77. The van der Waals surface area contributed by atoms with Gasteiger partial charge in [0.2, 0.25) is 0 Å². The smallest absolute Gasteiger partial charge is 0.325 e. The summed E-state index contributed by atoms with van der Waals surface area (Å²) in [4.78, 5) is 22.2. The maximum Gasteiger partial charge on any atom is 0.325 e. The van der Waals surface area contributed by atoms with Gasteiger partial charge in [-0.3, -0.25) is 9.59 Å². The van der Waals surface area contributed by atoms with E-state index in [2.05, 4.69) is 12.0 Å². The standard InChI is InChI=1S/C11H14N2O3/c1-7-3-2-4-9-8(7)5-10(14)13(12-9)6-11(15)16/h5,7H,2-4,6H2,1H3,(H,15,16). The Morgan fingerprint density at radius 3 is 3.12 bits per heavy atom. The minimum atomic E-state index is -1.04. The second-order valence-corrected chi connectivity index (χ2v) is 4.23. The lowest BCUT2D eigenvalue weighted by molar-refractivity contribution is -0.138. The Hall–Kier alpha value is -1.65. The third-order valence-corrected chi connectivity index (χ3v) is 2.97. The van der Waals surface area contributed by atoms with Crippen molar-refractivity contribution in [3.63, 3.8) is 0 Å². The molecule has 86 valence electrons. The molecular formula is C11H14N2O3. The number of fused-ring (bicyclic) bond motifs is 1. The van der Waals surface area contributed by atoms with Gasteiger partial charge in [0.1, 0.15) is 6.54 Å². The number of aliphatic carboxylic acids is 1. The minimum Gasteiger partial charge on any atom is -0.480 e. The lowest BCUT2D eigenvalue weighted by Gasteiger charge is -2.21. The van der Waals surface area contributed by atoms with E-state index in [0.717, 1.165) is 35.2 Å². The molecule has 5 heteroatoms. The van der Waals surface area contributed by atoms with Crippen LogP contribution in [0.25, 0.3) is 0 Å². The Morgan fingerprint density at radius 2 is 2.44 bits per heavy atom. The van der Waals surface area contributed by atoms with Crippen LogP contribution in [0.1, 0.15) is 36.9 Å². The molecule has 1 aliphatic carbocycles. The molecule has 0 aromatic carbocycles. The van der Waals surface area contributed by atoms with E-state index in [-0.39, 0.29) is 12.1 Å². The third-order valence-electron chi connectivity index (χ3n) is 2.97. The van der Waals surface area contributed by atoms with E-state index in [1.807, 2.05) is 0 Å². The molecule has 1 aliphatic rings. The highest BCUT2D eigenvalue weighted by Gasteiger charge is 2.19. The zero-order valence-corrected chi connectivity index (χ0v) is 9.14. The lowest BCUT2D eigenvalue weighted by atomic mass is 9.87. The number of rotatable bonds is 2. The van der Waals surface area contributed by atoms with Crippen molar-refractivity contribution >= 4 is 5.97 Å². The van der Waals surface area contributed by atoms with Crippen molar-refractivity contribution in [2.45, 2.75) is 38.6 Å². The van der Waals surface area contributed by atoms with E-state index in [9.17, 15) is 9.59 Å². The Labute approximate surface area is 92.7 Å². The Balaban J connectivity index is 2.44. The van der Waals surface area contributed by atoms with Crippen LogP contribution in [0.3, 0.4) is 0 Å². The fraction of sp³-hybridized carbons (Fsp3) is 0.545. The van der Waals surface area contributed by atoms with Crippen molar-refractivity contribution in [1.29, 1.82) is 0 Å². The van der Waals surface area contributed by atoms with Crippen LogP contribution in [0.2, 0.25) is 0 Å². The summed E-state index contributed by atoms with van der Waals surface area (Å²) in [6.07, 6.45) is 2.95. The predicted octanol–water partition coefficient (Wildman–Crippen LogP) is 0.768. The zero-order chi connectivity index (χ0) is 11.7. The molecule has 1 heterocycles. The summed E-state index contributed by atoms with van der Waals surface area (Å²) in [5, 5.41) is 12.8. The van der Waals surface area contributed by atoms with Crippen molar-refractivity contribution < 1.29 is 9.90 Å². The molecular weight excluding hydrogens is 208 g/mol. The van der Waals surface area contributed by atoms with Crippen LogP contribution in [0.4, 0.5) is 0 Å². The van der Waals surface area contributed by atoms with Crippen LogP contribution in [0, 0.1) is 0 Å². The number of hydrogen-bond acceptors (Lipinski definition) is 3. The maximum absolute atomic E-state index is 11.6. The first kappa shape index (κ1) is 10.9. The molecule has 0 amide bonds. The average molecular weight is 222 g/mol. The first-order valence-electron chi connectivity index (χ1n) is 5.40. The van der Waals surface area contributed by atoms with Gasteiger partial charge in [0.05, 0.1) is 5.69 Å². The Morgan fingerprint density at radius 1 is 1.69 bits per heavy atom. The lowest BCUT2D eigenvalue weighted by Crippen LogP contribution is -2.29. The minimum absolute atomic E-state index is 0.324. The molecule has 0 saturated carbocycles. The molecule has 5 nitrogen and oxygen atoms in total. The van der Waals surface area contributed by atoms with Gasteiger partial charge in [-0.25, -0.2) is 4.68 Å². The highest BCUT2D eigenvalue weighted by molar-refractivity contribution is 5.66. The number of carboxylic acid groups (broad SMARTS) is 1. The summed E-state index contributed by atoms with van der Waals surface area (Å²) in [5.41, 5.74) is 1.53. The fourth-order valence-corrected chi connectivity index (χ4v) is 2.14. The van der Waals surface area contributed by atoms with Crippen molar-refractivity contribution in [3.05, 3.63) is 27.7 Å². The fourth-order valence-electron chi connectivity index (χ4n) is 2.14. The maximum atomic E-state index is 11.6. The van der Waals surface area contributed by atoms with E-state index in [1.54, 1.807) is 0 Å². The van der Waals surface area contributed by atoms with E-state index < -0.39 is 5.97 Å². The summed E-state index contributed by atoms with van der Waals surface area (Å²) in [5.74, 6) is -0.693. The van der Waals surface area contributed by atoms with Crippen LogP contribution in [0.15, 0.2) is 10.9 Å².